The van der Waals surface area contributed by atoms with Crippen LogP contribution in [0, 0.1) is 0 Å². The molecule has 0 heterocycles. The molecule has 0 rings (SSSR count). The minimum Gasteiger partial charge on any atom is -0.479 e. The Labute approximate surface area is 78.3 Å². The predicted molar refractivity (Wildman–Crippen MR) is 52.4 cm³/mol. The number of hydrogen-bond acceptors (Lipinski definition) is 4. The molecule has 0 saturated carbocycles. The molecule has 0 spiro atoms. The van der Waals surface area contributed by atoms with Crippen molar-refractivity contribution < 1.29 is 19.6 Å². The van der Waals surface area contributed by atoms with Gasteiger partial charge in [-0.25, -0.2) is 4.79 Å². The van der Waals surface area contributed by atoms with Crippen LogP contribution in [0.2, 0.25) is 0 Å². The number of aliphatic hydroxyl groups excluding tert-OH is 1. The van der Waals surface area contributed by atoms with Gasteiger partial charge in [-0.2, -0.15) is 0 Å². The van der Waals surface area contributed by atoms with E-state index in [0.29, 0.717) is 0 Å². The monoisotopic (exact) mass is 211 g/mol. The summed E-state index contributed by atoms with van der Waals surface area (Å²) in [6.45, 7) is 5.33. The molecule has 0 saturated heterocycles. The van der Waals surface area contributed by atoms with Gasteiger partial charge in [0.05, 0.1) is 0 Å². The number of hydrogen-bond donors (Lipinski definition) is 3. The molecule has 0 fully saturated rings. The molecule has 1 atom stereocenters. The third-order valence-electron chi connectivity index (χ3n) is 1.10. The summed E-state index contributed by atoms with van der Waals surface area (Å²) in [6.07, 6.45) is 1.10. The Kier molecular flexibility index (Phi) is 8.21. The second-order valence-corrected chi connectivity index (χ2v) is 6.29. The predicted octanol–water partition coefficient (Wildman–Crippen LogP) is 0.367. The van der Waals surface area contributed by atoms with E-state index in [1.807, 2.05) is 0 Å². The summed E-state index contributed by atoms with van der Waals surface area (Å²) in [4.78, 5) is 9.92. The molecule has 0 aromatic heterocycles. The summed E-state index contributed by atoms with van der Waals surface area (Å²) < 4.78 is 10.7. The number of carbonyl (C=O) groups is 1. The van der Waals surface area contributed by atoms with Crippen LogP contribution in [0.15, 0.2) is 0 Å². The second-order valence-electron chi connectivity index (χ2n) is 2.93. The first-order chi connectivity index (χ1) is 5.77. The van der Waals surface area contributed by atoms with Gasteiger partial charge in [0.25, 0.3) is 0 Å². The highest BCUT2D eigenvalue weighted by molar-refractivity contribution is 7.63. The van der Waals surface area contributed by atoms with Gasteiger partial charge in [-0.15, -0.1) is 0 Å². The molecule has 0 aliphatic carbocycles. The Hall–Kier alpha value is -0.380. The standard InChI is InChI=1S/C4H9O4P.C3H9N/c1-9(2,8)4(7)3(5)6;1-2-3-4/h4,7H,1-2H3,(H,5,6);2-4H2,1H3. The van der Waals surface area contributed by atoms with Crippen LogP contribution in [0.4, 0.5) is 0 Å². The fraction of sp³-hybridized carbons (Fsp3) is 0.857. The lowest BCUT2D eigenvalue weighted by molar-refractivity contribution is -0.142. The van der Waals surface area contributed by atoms with Crippen LogP contribution in [0.1, 0.15) is 13.3 Å². The highest BCUT2D eigenvalue weighted by Crippen LogP contribution is 2.40. The number of aliphatic carboxylic acids is 1. The van der Waals surface area contributed by atoms with Crippen molar-refractivity contribution in [1.82, 2.24) is 0 Å². The molecule has 4 N–H and O–H groups in total. The molecular weight excluding hydrogens is 193 g/mol. The first-order valence-electron chi connectivity index (χ1n) is 3.93. The van der Waals surface area contributed by atoms with E-state index < -0.39 is 19.0 Å². The van der Waals surface area contributed by atoms with Gasteiger partial charge in [-0.05, 0) is 26.3 Å². The van der Waals surface area contributed by atoms with Gasteiger partial charge in [0, 0.05) is 0 Å². The topological polar surface area (TPSA) is 101 Å². The van der Waals surface area contributed by atoms with Crippen molar-refractivity contribution >= 4 is 13.1 Å². The number of carboxylic acid groups (broad SMARTS) is 1. The summed E-state index contributed by atoms with van der Waals surface area (Å²) in [5.41, 5.74) is 5.03. The van der Waals surface area contributed by atoms with Crippen LogP contribution in [-0.2, 0) is 9.36 Å². The number of rotatable bonds is 3. The van der Waals surface area contributed by atoms with Crippen LogP contribution in [0.25, 0.3) is 0 Å². The minimum atomic E-state index is -2.86. The van der Waals surface area contributed by atoms with E-state index in [-0.39, 0.29) is 0 Å². The average Bonchev–Trinajstić information content (AvgIpc) is 2.02. The largest absolute Gasteiger partial charge is 0.479 e. The lowest BCUT2D eigenvalue weighted by Crippen LogP contribution is -2.18. The van der Waals surface area contributed by atoms with Crippen LogP contribution in [-0.4, -0.2) is 41.9 Å². The van der Waals surface area contributed by atoms with E-state index in [4.69, 9.17) is 15.9 Å². The summed E-state index contributed by atoms with van der Waals surface area (Å²) in [7, 11) is -2.86. The molecule has 80 valence electrons. The van der Waals surface area contributed by atoms with Gasteiger partial charge in [-0.3, -0.25) is 0 Å². The molecule has 0 bridgehead atoms. The fourth-order valence-corrected chi connectivity index (χ4v) is 0.798. The Morgan fingerprint density at radius 3 is 1.85 bits per heavy atom. The van der Waals surface area contributed by atoms with Gasteiger partial charge < -0.3 is 20.5 Å². The summed E-state index contributed by atoms with van der Waals surface area (Å²) >= 11 is 0. The van der Waals surface area contributed by atoms with E-state index in [1.165, 1.54) is 13.3 Å². The van der Waals surface area contributed by atoms with Gasteiger partial charge in [0.2, 0.25) is 5.85 Å². The Morgan fingerprint density at radius 2 is 1.85 bits per heavy atom. The van der Waals surface area contributed by atoms with Gasteiger partial charge in [0.15, 0.2) is 0 Å². The van der Waals surface area contributed by atoms with E-state index in [0.717, 1.165) is 13.0 Å². The van der Waals surface area contributed by atoms with Crippen molar-refractivity contribution in [3.63, 3.8) is 0 Å². The third-order valence-corrected chi connectivity index (χ3v) is 2.50. The molecule has 0 aromatic carbocycles. The normalized spacial score (nSPS) is 12.7. The van der Waals surface area contributed by atoms with E-state index >= 15 is 0 Å². The van der Waals surface area contributed by atoms with Crippen LogP contribution < -0.4 is 5.73 Å². The lowest BCUT2D eigenvalue weighted by atomic mass is 10.5. The van der Waals surface area contributed by atoms with Crippen molar-refractivity contribution in [2.75, 3.05) is 19.9 Å². The van der Waals surface area contributed by atoms with Gasteiger partial charge >= 0.3 is 5.97 Å². The van der Waals surface area contributed by atoms with Gasteiger partial charge in [-0.1, -0.05) is 6.92 Å². The van der Waals surface area contributed by atoms with Crippen LogP contribution in [0.5, 0.6) is 0 Å². The Balaban J connectivity index is 0. The zero-order valence-corrected chi connectivity index (χ0v) is 9.12. The average molecular weight is 211 g/mol. The highest BCUT2D eigenvalue weighted by atomic mass is 31.2. The minimum absolute atomic E-state index is 0.819. The van der Waals surface area contributed by atoms with E-state index in [2.05, 4.69) is 6.92 Å². The van der Waals surface area contributed by atoms with E-state index in [9.17, 15) is 9.36 Å². The molecular formula is C7H18NO4P. The zero-order chi connectivity index (χ0) is 11.1. The zero-order valence-electron chi connectivity index (χ0n) is 8.23. The maximum atomic E-state index is 10.7. The Morgan fingerprint density at radius 1 is 1.54 bits per heavy atom. The second kappa shape index (κ2) is 7.06. The highest BCUT2D eigenvalue weighted by Gasteiger charge is 2.26. The van der Waals surface area contributed by atoms with Crippen molar-refractivity contribution in [2.45, 2.75) is 19.2 Å². The van der Waals surface area contributed by atoms with Gasteiger partial charge in [0.1, 0.15) is 7.14 Å². The quantitative estimate of drug-likeness (QED) is 0.585. The molecule has 5 nitrogen and oxygen atoms in total. The van der Waals surface area contributed by atoms with E-state index in [1.54, 1.807) is 0 Å². The molecule has 13 heavy (non-hydrogen) atoms. The molecule has 6 heteroatoms. The lowest BCUT2D eigenvalue weighted by Gasteiger charge is -2.08. The van der Waals surface area contributed by atoms with Crippen molar-refractivity contribution in [3.8, 4) is 0 Å². The first kappa shape index (κ1) is 15.1. The van der Waals surface area contributed by atoms with Crippen LogP contribution >= 0.6 is 7.14 Å². The van der Waals surface area contributed by atoms with Crippen LogP contribution in [0.3, 0.4) is 0 Å². The van der Waals surface area contributed by atoms with Crippen molar-refractivity contribution in [1.29, 1.82) is 0 Å². The first-order valence-corrected chi connectivity index (χ1v) is 6.60. The van der Waals surface area contributed by atoms with Crippen molar-refractivity contribution in [2.24, 2.45) is 5.73 Å². The number of carboxylic acids is 1. The number of nitrogens with two attached hydrogens (primary N) is 1. The number of aliphatic hydroxyl groups is 1. The summed E-state index contributed by atoms with van der Waals surface area (Å²) in [5.74, 6) is -3.14. The third kappa shape index (κ3) is 9.53. The summed E-state index contributed by atoms with van der Waals surface area (Å²) in [5, 5.41) is 16.7. The molecule has 0 amide bonds. The maximum absolute atomic E-state index is 10.7. The molecule has 0 aliphatic heterocycles. The molecule has 0 aliphatic rings. The molecule has 0 aromatic rings. The van der Waals surface area contributed by atoms with Crippen molar-refractivity contribution in [3.05, 3.63) is 0 Å². The molecule has 0 radical (unpaired) electrons. The molecule has 1 unspecified atom stereocenters. The SMILES string of the molecule is CCCN.CP(C)(=O)C(O)C(=O)O. The Bertz CT molecular complexity index is 187. The smallest absolute Gasteiger partial charge is 0.340 e. The summed E-state index contributed by atoms with van der Waals surface area (Å²) in [6, 6.07) is 0. The fourth-order valence-electron chi connectivity index (χ4n) is 0.266. The maximum Gasteiger partial charge on any atom is 0.340 e.